The number of carbonyl (C=O) groups excluding carboxylic acids is 2. The Morgan fingerprint density at radius 2 is 2.05 bits per heavy atom. The molecule has 22 heavy (non-hydrogen) atoms. The number of Topliss-reactive ketones (excluding diaryl/α,β-unsaturated/α-hetero) is 1. The van der Waals surface area contributed by atoms with Crippen molar-refractivity contribution < 1.29 is 9.59 Å². The van der Waals surface area contributed by atoms with Crippen molar-refractivity contribution in [3.05, 3.63) is 66.5 Å². The Balaban J connectivity index is 2.20. The Hall–Kier alpha value is -3.01. The first-order valence-electron chi connectivity index (χ1n) is 6.86. The third-order valence-corrected chi connectivity index (χ3v) is 3.56. The van der Waals surface area contributed by atoms with Gasteiger partial charge in [-0.1, -0.05) is 24.8 Å². The first-order chi connectivity index (χ1) is 10.6. The van der Waals surface area contributed by atoms with E-state index in [0.29, 0.717) is 16.9 Å². The summed E-state index contributed by atoms with van der Waals surface area (Å²) < 4.78 is 0. The van der Waals surface area contributed by atoms with E-state index in [9.17, 15) is 9.59 Å². The van der Waals surface area contributed by atoms with Gasteiger partial charge in [-0.05, 0) is 42.3 Å². The minimum absolute atomic E-state index is 0.0174. The van der Waals surface area contributed by atoms with Crippen LogP contribution in [0.5, 0.6) is 0 Å². The fraction of sp³-hybridized carbons (Fsp3) is 0.0556. The van der Waals surface area contributed by atoms with Crippen LogP contribution in [-0.2, 0) is 0 Å². The minimum Gasteiger partial charge on any atom is -0.337 e. The van der Waals surface area contributed by atoms with Gasteiger partial charge in [-0.2, -0.15) is 0 Å². The van der Waals surface area contributed by atoms with E-state index in [0.717, 1.165) is 16.5 Å². The first-order valence-corrected chi connectivity index (χ1v) is 6.86. The number of ketones is 2. The molecule has 2 heterocycles. The van der Waals surface area contributed by atoms with Gasteiger partial charge in [0.15, 0.2) is 5.78 Å². The molecule has 4 heteroatoms. The maximum absolute atomic E-state index is 11.8. The van der Waals surface area contributed by atoms with Crippen molar-refractivity contribution in [1.29, 1.82) is 0 Å². The Kier molecular flexibility index (Phi) is 3.43. The summed E-state index contributed by atoms with van der Waals surface area (Å²) in [6, 6.07) is 11.1. The van der Waals surface area contributed by atoms with Crippen molar-refractivity contribution in [2.24, 2.45) is 0 Å². The highest BCUT2D eigenvalue weighted by atomic mass is 16.1. The van der Waals surface area contributed by atoms with Gasteiger partial charge in [-0.3, -0.25) is 9.59 Å². The van der Waals surface area contributed by atoms with Gasteiger partial charge in [0, 0.05) is 17.1 Å². The summed E-state index contributed by atoms with van der Waals surface area (Å²) in [7, 11) is 0. The first kappa shape index (κ1) is 13.9. The van der Waals surface area contributed by atoms with Gasteiger partial charge in [0.05, 0.1) is 5.69 Å². The maximum atomic E-state index is 11.8. The summed E-state index contributed by atoms with van der Waals surface area (Å²) in [6.07, 6.45) is 2.94. The van der Waals surface area contributed by atoms with E-state index in [-0.39, 0.29) is 11.6 Å². The fourth-order valence-electron chi connectivity index (χ4n) is 2.43. The summed E-state index contributed by atoms with van der Waals surface area (Å²) in [5.41, 5.74) is 3.58. The molecule has 0 spiro atoms. The SMILES string of the molecule is C=CC(=O)c1cc2c(-c3cccc(C(C)=O)c3)ccnc2[nH]1. The molecule has 0 unspecified atom stereocenters. The number of H-pyrrole nitrogens is 1. The van der Waals surface area contributed by atoms with Gasteiger partial charge >= 0.3 is 0 Å². The minimum atomic E-state index is -0.179. The summed E-state index contributed by atoms with van der Waals surface area (Å²) in [4.78, 5) is 30.6. The highest BCUT2D eigenvalue weighted by Gasteiger charge is 2.12. The van der Waals surface area contributed by atoms with E-state index in [1.807, 2.05) is 24.3 Å². The molecule has 0 amide bonds. The lowest BCUT2D eigenvalue weighted by atomic mass is 10.00. The molecule has 0 fully saturated rings. The number of rotatable bonds is 4. The van der Waals surface area contributed by atoms with Crippen molar-refractivity contribution in [3.63, 3.8) is 0 Å². The Bertz CT molecular complexity index is 906. The monoisotopic (exact) mass is 290 g/mol. The van der Waals surface area contributed by atoms with Crippen LogP contribution in [0.15, 0.2) is 55.3 Å². The van der Waals surface area contributed by atoms with Crippen LogP contribution in [0, 0.1) is 0 Å². The second kappa shape index (κ2) is 5.41. The molecule has 0 atom stereocenters. The maximum Gasteiger partial charge on any atom is 0.201 e. The summed E-state index contributed by atoms with van der Waals surface area (Å²) in [5.74, 6) is -0.162. The quantitative estimate of drug-likeness (QED) is 0.587. The summed E-state index contributed by atoms with van der Waals surface area (Å²) in [5, 5.41) is 0.841. The molecule has 2 aromatic heterocycles. The van der Waals surface area contributed by atoms with Crippen LogP contribution in [0.25, 0.3) is 22.2 Å². The van der Waals surface area contributed by atoms with Gasteiger partial charge in [0.2, 0.25) is 5.78 Å². The molecule has 1 aromatic carbocycles. The molecule has 1 N–H and O–H groups in total. The second-order valence-electron chi connectivity index (χ2n) is 5.01. The van der Waals surface area contributed by atoms with Crippen LogP contribution in [0.3, 0.4) is 0 Å². The lowest BCUT2D eigenvalue weighted by Crippen LogP contribution is -1.92. The van der Waals surface area contributed by atoms with Gasteiger partial charge in [-0.15, -0.1) is 0 Å². The number of hydrogen-bond acceptors (Lipinski definition) is 3. The van der Waals surface area contributed by atoms with Crippen LogP contribution in [0.2, 0.25) is 0 Å². The lowest BCUT2D eigenvalue weighted by molar-refractivity contribution is 0.101. The number of carbonyl (C=O) groups is 2. The van der Waals surface area contributed by atoms with Crippen molar-refractivity contribution in [2.45, 2.75) is 6.92 Å². The van der Waals surface area contributed by atoms with Crippen LogP contribution >= 0.6 is 0 Å². The third kappa shape index (κ3) is 2.35. The molecule has 0 aliphatic heterocycles. The summed E-state index contributed by atoms with van der Waals surface area (Å²) in [6.45, 7) is 5.03. The Morgan fingerprint density at radius 1 is 1.23 bits per heavy atom. The molecule has 0 saturated heterocycles. The normalized spacial score (nSPS) is 10.6. The number of aromatic amines is 1. The van der Waals surface area contributed by atoms with Gasteiger partial charge in [-0.25, -0.2) is 4.98 Å². The largest absolute Gasteiger partial charge is 0.337 e. The van der Waals surface area contributed by atoms with E-state index >= 15 is 0 Å². The predicted molar refractivity (Wildman–Crippen MR) is 86.1 cm³/mol. The van der Waals surface area contributed by atoms with E-state index in [1.165, 1.54) is 6.08 Å². The zero-order chi connectivity index (χ0) is 15.7. The molecular formula is C18H14N2O2. The predicted octanol–water partition coefficient (Wildman–Crippen LogP) is 3.80. The molecule has 0 aliphatic rings. The number of aromatic nitrogens is 2. The van der Waals surface area contributed by atoms with E-state index in [4.69, 9.17) is 0 Å². The third-order valence-electron chi connectivity index (χ3n) is 3.56. The average molecular weight is 290 g/mol. The fourth-order valence-corrected chi connectivity index (χ4v) is 2.43. The van der Waals surface area contributed by atoms with Crippen LogP contribution in [-0.4, -0.2) is 21.5 Å². The molecular weight excluding hydrogens is 276 g/mol. The number of pyridine rings is 1. The van der Waals surface area contributed by atoms with Gasteiger partial charge in [0.1, 0.15) is 5.65 Å². The van der Waals surface area contributed by atoms with E-state index in [1.54, 1.807) is 25.3 Å². The highest BCUT2D eigenvalue weighted by molar-refractivity contribution is 6.07. The molecule has 108 valence electrons. The van der Waals surface area contributed by atoms with Gasteiger partial charge in [0.25, 0.3) is 0 Å². The van der Waals surface area contributed by atoms with Crippen molar-refractivity contribution in [2.75, 3.05) is 0 Å². The van der Waals surface area contributed by atoms with Crippen LogP contribution < -0.4 is 0 Å². The Labute approximate surface area is 127 Å². The van der Waals surface area contributed by atoms with E-state index in [2.05, 4.69) is 16.5 Å². The van der Waals surface area contributed by atoms with Crippen molar-refractivity contribution in [3.8, 4) is 11.1 Å². The van der Waals surface area contributed by atoms with Crippen molar-refractivity contribution in [1.82, 2.24) is 9.97 Å². The number of nitrogens with zero attached hydrogens (tertiary/aromatic N) is 1. The highest BCUT2D eigenvalue weighted by Crippen LogP contribution is 2.29. The number of nitrogens with one attached hydrogen (secondary N) is 1. The second-order valence-corrected chi connectivity index (χ2v) is 5.01. The standard InChI is InChI=1S/C18H14N2O2/c1-3-17(22)16-10-15-14(7-8-19-18(15)20-16)13-6-4-5-12(9-13)11(2)21/h3-10H,1H2,2H3,(H,19,20). The topological polar surface area (TPSA) is 62.8 Å². The zero-order valence-corrected chi connectivity index (χ0v) is 12.1. The molecule has 0 saturated carbocycles. The molecule has 0 aliphatic carbocycles. The average Bonchev–Trinajstić information content (AvgIpc) is 2.98. The molecule has 4 nitrogen and oxygen atoms in total. The summed E-state index contributed by atoms with van der Waals surface area (Å²) >= 11 is 0. The zero-order valence-electron chi connectivity index (χ0n) is 12.1. The smallest absolute Gasteiger partial charge is 0.201 e. The molecule has 3 rings (SSSR count). The number of allylic oxidation sites excluding steroid dienone is 1. The van der Waals surface area contributed by atoms with Gasteiger partial charge < -0.3 is 4.98 Å². The molecule has 0 radical (unpaired) electrons. The Morgan fingerprint density at radius 3 is 2.77 bits per heavy atom. The number of fused-ring (bicyclic) bond motifs is 1. The van der Waals surface area contributed by atoms with E-state index < -0.39 is 0 Å². The van der Waals surface area contributed by atoms with Crippen molar-refractivity contribution >= 4 is 22.6 Å². The number of benzene rings is 1. The molecule has 0 bridgehead atoms. The number of hydrogen-bond donors (Lipinski definition) is 1. The lowest BCUT2D eigenvalue weighted by Gasteiger charge is -2.04. The van der Waals surface area contributed by atoms with Crippen LogP contribution in [0.4, 0.5) is 0 Å². The van der Waals surface area contributed by atoms with Crippen LogP contribution in [0.1, 0.15) is 27.8 Å². The molecule has 3 aromatic rings.